The fraction of sp³-hybridized carbons (Fsp3) is 0. The van der Waals surface area contributed by atoms with Gasteiger partial charge in [-0.05, 0) is 12.1 Å². The minimum Gasteiger partial charge on any atom is -0.360 e. The number of nitrogens with zero attached hydrogens (tertiary/aromatic N) is 2. The van der Waals surface area contributed by atoms with Crippen molar-refractivity contribution in [1.29, 1.82) is 5.26 Å². The van der Waals surface area contributed by atoms with E-state index in [1.807, 2.05) is 35.7 Å². The summed E-state index contributed by atoms with van der Waals surface area (Å²) < 4.78 is 26.1. The molecule has 1 heterocycles. The lowest BCUT2D eigenvalue weighted by Crippen LogP contribution is -1.93. The molecule has 3 nitrogen and oxygen atoms in total. The van der Waals surface area contributed by atoms with Gasteiger partial charge in [0.2, 0.25) is 0 Å². The monoisotopic (exact) mass is 339 g/mol. The molecule has 3 aromatic rings. The largest absolute Gasteiger partial charge is 0.360 e. The van der Waals surface area contributed by atoms with Crippen LogP contribution in [0.1, 0.15) is 5.01 Å². The summed E-state index contributed by atoms with van der Waals surface area (Å²) in [5.41, 5.74) is 2.41. The quantitative estimate of drug-likeness (QED) is 0.676. The maximum Gasteiger partial charge on any atom is 0.160 e. The Kier molecular flexibility index (Phi) is 4.64. The molecule has 0 saturated carbocycles. The second kappa shape index (κ2) is 7.02. The number of anilines is 1. The number of hydrogen-bond acceptors (Lipinski definition) is 4. The lowest BCUT2D eigenvalue weighted by Gasteiger charge is -2.02. The Morgan fingerprint density at radius 3 is 2.62 bits per heavy atom. The summed E-state index contributed by atoms with van der Waals surface area (Å²) >= 11 is 1.34. The molecule has 24 heavy (non-hydrogen) atoms. The zero-order valence-electron chi connectivity index (χ0n) is 12.3. The van der Waals surface area contributed by atoms with Crippen LogP contribution in [0.25, 0.3) is 16.8 Å². The first-order chi connectivity index (χ1) is 11.7. The normalized spacial score (nSPS) is 11.1. The molecule has 0 radical (unpaired) electrons. The number of allylic oxidation sites excluding steroid dienone is 1. The van der Waals surface area contributed by atoms with Crippen LogP contribution in [0.2, 0.25) is 0 Å². The van der Waals surface area contributed by atoms with Crippen LogP contribution in [0.3, 0.4) is 0 Å². The summed E-state index contributed by atoms with van der Waals surface area (Å²) in [7, 11) is 0. The third kappa shape index (κ3) is 3.47. The van der Waals surface area contributed by atoms with Gasteiger partial charge in [0.15, 0.2) is 11.6 Å². The van der Waals surface area contributed by atoms with E-state index in [0.29, 0.717) is 16.3 Å². The molecule has 0 saturated heterocycles. The molecule has 0 atom stereocenters. The van der Waals surface area contributed by atoms with Crippen molar-refractivity contribution in [3.05, 3.63) is 76.8 Å². The molecule has 1 N–H and O–H groups in total. The van der Waals surface area contributed by atoms with Gasteiger partial charge < -0.3 is 5.32 Å². The summed E-state index contributed by atoms with van der Waals surface area (Å²) in [5.74, 6) is -1.87. The Labute approximate surface area is 141 Å². The molecule has 0 spiro atoms. The minimum absolute atomic E-state index is 0.312. The van der Waals surface area contributed by atoms with Gasteiger partial charge in [0.25, 0.3) is 0 Å². The Hall–Kier alpha value is -3.04. The van der Waals surface area contributed by atoms with Crippen LogP contribution < -0.4 is 5.32 Å². The first kappa shape index (κ1) is 15.8. The number of halogens is 2. The number of nitrogens with one attached hydrogen (secondary N) is 1. The van der Waals surface area contributed by atoms with E-state index in [2.05, 4.69) is 16.4 Å². The van der Waals surface area contributed by atoms with E-state index in [0.717, 1.165) is 23.4 Å². The third-order valence-corrected chi connectivity index (χ3v) is 4.10. The van der Waals surface area contributed by atoms with Crippen LogP contribution in [-0.2, 0) is 0 Å². The summed E-state index contributed by atoms with van der Waals surface area (Å²) in [6.07, 6.45) is 1.43. The number of hydrogen-bond donors (Lipinski definition) is 1. The fourth-order valence-corrected chi connectivity index (χ4v) is 2.82. The average Bonchev–Trinajstić information content (AvgIpc) is 3.09. The highest BCUT2D eigenvalue weighted by Gasteiger charge is 2.09. The Balaban J connectivity index is 1.82. The van der Waals surface area contributed by atoms with E-state index in [-0.39, 0.29) is 0 Å². The van der Waals surface area contributed by atoms with Gasteiger partial charge >= 0.3 is 0 Å². The summed E-state index contributed by atoms with van der Waals surface area (Å²) in [5, 5.41) is 14.5. The highest BCUT2D eigenvalue weighted by molar-refractivity contribution is 7.11. The van der Waals surface area contributed by atoms with Crippen molar-refractivity contribution in [2.24, 2.45) is 0 Å². The number of thiazole rings is 1. The molecule has 0 aliphatic carbocycles. The van der Waals surface area contributed by atoms with Gasteiger partial charge in [-0.2, -0.15) is 5.26 Å². The van der Waals surface area contributed by atoms with Crippen LogP contribution in [0.4, 0.5) is 14.5 Å². The van der Waals surface area contributed by atoms with Crippen LogP contribution in [0.15, 0.2) is 60.1 Å². The Morgan fingerprint density at radius 1 is 1.12 bits per heavy atom. The molecular formula is C18H11F2N3S. The van der Waals surface area contributed by atoms with Gasteiger partial charge in [0, 0.05) is 28.9 Å². The molecule has 2 aromatic carbocycles. The summed E-state index contributed by atoms with van der Waals surface area (Å²) in [6, 6.07) is 15.1. The van der Waals surface area contributed by atoms with E-state index in [4.69, 9.17) is 0 Å². The molecule has 0 fully saturated rings. The van der Waals surface area contributed by atoms with E-state index < -0.39 is 11.6 Å². The van der Waals surface area contributed by atoms with Crippen molar-refractivity contribution in [3.8, 4) is 17.3 Å². The van der Waals surface area contributed by atoms with Crippen molar-refractivity contribution in [3.63, 3.8) is 0 Å². The Bertz CT molecular complexity index is 927. The van der Waals surface area contributed by atoms with Gasteiger partial charge in [-0.25, -0.2) is 13.8 Å². The van der Waals surface area contributed by atoms with E-state index in [1.165, 1.54) is 23.6 Å². The molecule has 118 valence electrons. The zero-order valence-corrected chi connectivity index (χ0v) is 13.1. The second-order valence-corrected chi connectivity index (χ2v) is 5.71. The Morgan fingerprint density at radius 2 is 1.92 bits per heavy atom. The van der Waals surface area contributed by atoms with Crippen molar-refractivity contribution in [2.75, 3.05) is 5.32 Å². The molecule has 0 unspecified atom stereocenters. The van der Waals surface area contributed by atoms with Crippen molar-refractivity contribution >= 4 is 22.6 Å². The molecule has 0 aliphatic rings. The molecular weight excluding hydrogens is 328 g/mol. The standard InChI is InChI=1S/C18H11F2N3S/c19-15-7-6-14(8-16(15)20)22-10-13(9-21)18-23-17(11-24-18)12-4-2-1-3-5-12/h1-8,10-11,22H/b13-10+. The molecule has 3 rings (SSSR count). The lowest BCUT2D eigenvalue weighted by molar-refractivity contribution is 0.509. The van der Waals surface area contributed by atoms with Crippen LogP contribution in [-0.4, -0.2) is 4.98 Å². The van der Waals surface area contributed by atoms with Gasteiger partial charge in [-0.15, -0.1) is 11.3 Å². The number of nitriles is 1. The highest BCUT2D eigenvalue weighted by atomic mass is 32.1. The molecule has 0 amide bonds. The van der Waals surface area contributed by atoms with Gasteiger partial charge in [-0.3, -0.25) is 0 Å². The SMILES string of the molecule is N#C/C(=C\Nc1ccc(F)c(F)c1)c1nc(-c2ccccc2)cs1. The zero-order chi connectivity index (χ0) is 16.9. The van der Waals surface area contributed by atoms with Crippen LogP contribution >= 0.6 is 11.3 Å². The van der Waals surface area contributed by atoms with E-state index >= 15 is 0 Å². The predicted molar refractivity (Wildman–Crippen MR) is 91.1 cm³/mol. The lowest BCUT2D eigenvalue weighted by atomic mass is 10.2. The molecule has 1 aromatic heterocycles. The smallest absolute Gasteiger partial charge is 0.160 e. The first-order valence-electron chi connectivity index (χ1n) is 7.00. The van der Waals surface area contributed by atoms with Gasteiger partial charge in [0.1, 0.15) is 16.6 Å². The minimum atomic E-state index is -0.951. The number of aromatic nitrogens is 1. The van der Waals surface area contributed by atoms with E-state index in [1.54, 1.807) is 0 Å². The maximum atomic E-state index is 13.2. The number of benzene rings is 2. The second-order valence-electron chi connectivity index (χ2n) is 4.85. The van der Waals surface area contributed by atoms with Crippen LogP contribution in [0, 0.1) is 23.0 Å². The maximum absolute atomic E-state index is 13.2. The predicted octanol–water partition coefficient (Wildman–Crippen LogP) is 5.06. The summed E-state index contributed by atoms with van der Waals surface area (Å²) in [4.78, 5) is 4.45. The highest BCUT2D eigenvalue weighted by Crippen LogP contribution is 2.26. The van der Waals surface area contributed by atoms with Crippen molar-refractivity contribution in [2.45, 2.75) is 0 Å². The van der Waals surface area contributed by atoms with Gasteiger partial charge in [-0.1, -0.05) is 30.3 Å². The molecule has 6 heteroatoms. The first-order valence-corrected chi connectivity index (χ1v) is 7.88. The topological polar surface area (TPSA) is 48.7 Å². The average molecular weight is 339 g/mol. The summed E-state index contributed by atoms with van der Waals surface area (Å²) in [6.45, 7) is 0. The van der Waals surface area contributed by atoms with Crippen LogP contribution in [0.5, 0.6) is 0 Å². The van der Waals surface area contributed by atoms with Crippen molar-refractivity contribution < 1.29 is 8.78 Å². The van der Waals surface area contributed by atoms with Gasteiger partial charge in [0.05, 0.1) is 5.69 Å². The molecule has 0 bridgehead atoms. The van der Waals surface area contributed by atoms with E-state index in [9.17, 15) is 14.0 Å². The molecule has 0 aliphatic heterocycles. The fourth-order valence-electron chi connectivity index (χ4n) is 2.02. The van der Waals surface area contributed by atoms with Crippen molar-refractivity contribution in [1.82, 2.24) is 4.98 Å². The number of rotatable bonds is 4. The third-order valence-electron chi connectivity index (χ3n) is 3.23.